The Morgan fingerprint density at radius 3 is 2.53 bits per heavy atom. The molecule has 3 rings (SSSR count). The molecular formula is C22H27F3N4O. The van der Waals surface area contributed by atoms with E-state index < -0.39 is 6.36 Å². The molecule has 0 radical (unpaired) electrons. The van der Waals surface area contributed by atoms with Crippen molar-refractivity contribution in [1.82, 2.24) is 14.7 Å². The van der Waals surface area contributed by atoms with Crippen LogP contribution < -0.4 is 4.74 Å². The molecule has 0 amide bonds. The van der Waals surface area contributed by atoms with Gasteiger partial charge in [0.25, 0.3) is 0 Å². The van der Waals surface area contributed by atoms with E-state index in [1.54, 1.807) is 24.5 Å². The SMILES string of the molecule is C=C1C(N2CCN(C)CC2)=NC=CN1/C(=C\C(C)C)c1cccc(OC(F)(F)F)c1. The lowest BCUT2D eigenvalue weighted by Crippen LogP contribution is -2.49. The minimum atomic E-state index is -4.74. The van der Waals surface area contributed by atoms with E-state index in [-0.39, 0.29) is 11.7 Å². The minimum Gasteiger partial charge on any atom is -0.406 e. The number of hydrogen-bond donors (Lipinski definition) is 0. The molecule has 0 bridgehead atoms. The molecule has 2 aliphatic heterocycles. The van der Waals surface area contributed by atoms with Gasteiger partial charge in [0.05, 0.1) is 5.70 Å². The zero-order valence-electron chi connectivity index (χ0n) is 17.5. The highest BCUT2D eigenvalue weighted by Crippen LogP contribution is 2.32. The highest BCUT2D eigenvalue weighted by Gasteiger charge is 2.31. The number of allylic oxidation sites excluding steroid dienone is 1. The Hall–Kier alpha value is -2.74. The average molecular weight is 420 g/mol. The van der Waals surface area contributed by atoms with E-state index in [1.165, 1.54) is 12.1 Å². The highest BCUT2D eigenvalue weighted by molar-refractivity contribution is 6.00. The lowest BCUT2D eigenvalue weighted by atomic mass is 10.0. The van der Waals surface area contributed by atoms with Gasteiger partial charge < -0.3 is 19.4 Å². The molecule has 2 heterocycles. The van der Waals surface area contributed by atoms with E-state index in [0.29, 0.717) is 11.3 Å². The van der Waals surface area contributed by atoms with Crippen LogP contribution >= 0.6 is 0 Å². The van der Waals surface area contributed by atoms with Gasteiger partial charge in [-0.3, -0.25) is 0 Å². The number of aliphatic imine (C=N–C) groups is 1. The summed E-state index contributed by atoms with van der Waals surface area (Å²) in [6.45, 7) is 11.8. The van der Waals surface area contributed by atoms with Gasteiger partial charge in [0.15, 0.2) is 5.84 Å². The molecule has 1 fully saturated rings. The monoisotopic (exact) mass is 420 g/mol. The van der Waals surface area contributed by atoms with E-state index in [1.807, 2.05) is 24.8 Å². The van der Waals surface area contributed by atoms with E-state index >= 15 is 0 Å². The van der Waals surface area contributed by atoms with Gasteiger partial charge in [0, 0.05) is 49.8 Å². The number of alkyl halides is 3. The fourth-order valence-electron chi connectivity index (χ4n) is 3.43. The third kappa shape index (κ3) is 5.44. The Bertz CT molecular complexity index is 865. The summed E-state index contributed by atoms with van der Waals surface area (Å²) in [5.41, 5.74) is 2.03. The van der Waals surface area contributed by atoms with Crippen molar-refractivity contribution in [2.75, 3.05) is 33.2 Å². The number of ether oxygens (including phenoxy) is 1. The maximum Gasteiger partial charge on any atom is 0.573 e. The quantitative estimate of drug-likeness (QED) is 0.716. The van der Waals surface area contributed by atoms with Gasteiger partial charge in [-0.25, -0.2) is 4.99 Å². The fraction of sp³-hybridized carbons (Fsp3) is 0.409. The summed E-state index contributed by atoms with van der Waals surface area (Å²) in [5, 5.41) is 0. The van der Waals surface area contributed by atoms with Gasteiger partial charge in [-0.2, -0.15) is 0 Å². The van der Waals surface area contributed by atoms with Crippen molar-refractivity contribution in [1.29, 1.82) is 0 Å². The van der Waals surface area contributed by atoms with Crippen LogP contribution in [0, 0.1) is 5.92 Å². The number of hydrogen-bond acceptors (Lipinski definition) is 5. The smallest absolute Gasteiger partial charge is 0.406 e. The summed E-state index contributed by atoms with van der Waals surface area (Å²) in [6, 6.07) is 6.00. The van der Waals surface area contributed by atoms with Crippen molar-refractivity contribution in [3.8, 4) is 5.75 Å². The second-order valence-electron chi connectivity index (χ2n) is 7.73. The summed E-state index contributed by atoms with van der Waals surface area (Å²) in [7, 11) is 2.08. The average Bonchev–Trinajstić information content (AvgIpc) is 2.66. The molecule has 0 aromatic heterocycles. The summed E-state index contributed by atoms with van der Waals surface area (Å²) < 4.78 is 42.2. The second kappa shape index (κ2) is 8.95. The van der Waals surface area contributed by atoms with Crippen molar-refractivity contribution < 1.29 is 17.9 Å². The molecule has 0 spiro atoms. The Kier molecular flexibility index (Phi) is 6.55. The van der Waals surface area contributed by atoms with E-state index in [0.717, 1.165) is 37.7 Å². The first-order valence-corrected chi connectivity index (χ1v) is 9.88. The van der Waals surface area contributed by atoms with Crippen LogP contribution in [-0.2, 0) is 0 Å². The number of likely N-dealkylation sites (N-methyl/N-ethyl adjacent to an activating group) is 1. The number of nitrogens with zero attached hydrogens (tertiary/aromatic N) is 4. The third-order valence-corrected chi connectivity index (χ3v) is 4.88. The summed E-state index contributed by atoms with van der Waals surface area (Å²) >= 11 is 0. The fourth-order valence-corrected chi connectivity index (χ4v) is 3.43. The minimum absolute atomic E-state index is 0.166. The zero-order chi connectivity index (χ0) is 21.9. The van der Waals surface area contributed by atoms with Gasteiger partial charge in [0.1, 0.15) is 5.75 Å². The Balaban J connectivity index is 1.90. The maximum atomic E-state index is 12.7. The largest absolute Gasteiger partial charge is 0.573 e. The van der Waals surface area contributed by atoms with Gasteiger partial charge in [-0.05, 0) is 25.1 Å². The van der Waals surface area contributed by atoms with Crippen LogP contribution in [0.3, 0.4) is 0 Å². The standard InChI is InChI=1S/C22H27F3N4O/c1-16(2)14-20(18-6-5-7-19(15-18)30-22(23,24)25)29-9-8-26-21(17(29)3)28-12-10-27(4)11-13-28/h5-9,14-16H,3,10-13H2,1-2,4H3/b20-14-. The first-order valence-electron chi connectivity index (χ1n) is 9.88. The normalized spacial score (nSPS) is 18.8. The van der Waals surface area contributed by atoms with Crippen molar-refractivity contribution in [3.05, 3.63) is 60.6 Å². The molecule has 162 valence electrons. The summed E-state index contributed by atoms with van der Waals surface area (Å²) in [4.78, 5) is 10.9. The molecule has 0 unspecified atom stereocenters. The molecule has 8 heteroatoms. The molecule has 1 saturated heterocycles. The van der Waals surface area contributed by atoms with Crippen molar-refractivity contribution in [2.45, 2.75) is 20.2 Å². The summed E-state index contributed by atoms with van der Waals surface area (Å²) in [6.07, 6.45) is 0.742. The molecule has 1 aromatic rings. The third-order valence-electron chi connectivity index (χ3n) is 4.88. The number of benzene rings is 1. The molecule has 30 heavy (non-hydrogen) atoms. The van der Waals surface area contributed by atoms with E-state index in [9.17, 15) is 13.2 Å². The van der Waals surface area contributed by atoms with Gasteiger partial charge in [-0.15, -0.1) is 13.2 Å². The molecule has 1 aromatic carbocycles. The summed E-state index contributed by atoms with van der Waals surface area (Å²) in [5.74, 6) is 0.691. The van der Waals surface area contributed by atoms with Crippen molar-refractivity contribution in [2.24, 2.45) is 10.9 Å². The Labute approximate surface area is 175 Å². The van der Waals surface area contributed by atoms with Crippen molar-refractivity contribution >= 4 is 11.5 Å². The van der Waals surface area contributed by atoms with E-state index in [4.69, 9.17) is 0 Å². The molecule has 0 atom stereocenters. The van der Waals surface area contributed by atoms with E-state index in [2.05, 4.69) is 33.2 Å². The van der Waals surface area contributed by atoms with Gasteiger partial charge >= 0.3 is 6.36 Å². The lowest BCUT2D eigenvalue weighted by Gasteiger charge is -2.38. The zero-order valence-corrected chi connectivity index (χ0v) is 17.5. The van der Waals surface area contributed by atoms with Crippen LogP contribution in [0.25, 0.3) is 5.70 Å². The molecular weight excluding hydrogens is 393 g/mol. The molecule has 5 nitrogen and oxygen atoms in total. The van der Waals surface area contributed by atoms with Crippen LogP contribution in [-0.4, -0.2) is 60.1 Å². The molecule has 0 saturated carbocycles. The Morgan fingerprint density at radius 1 is 1.20 bits per heavy atom. The van der Waals surface area contributed by atoms with Crippen LogP contribution in [0.1, 0.15) is 19.4 Å². The topological polar surface area (TPSA) is 31.3 Å². The maximum absolute atomic E-state index is 12.7. The molecule has 2 aliphatic rings. The first-order chi connectivity index (χ1) is 14.1. The first kappa shape index (κ1) is 22.0. The lowest BCUT2D eigenvalue weighted by molar-refractivity contribution is -0.274. The number of piperazine rings is 1. The number of halogens is 3. The van der Waals surface area contributed by atoms with Crippen molar-refractivity contribution in [3.63, 3.8) is 0 Å². The predicted octanol–water partition coefficient (Wildman–Crippen LogP) is 4.53. The predicted molar refractivity (Wildman–Crippen MR) is 113 cm³/mol. The highest BCUT2D eigenvalue weighted by atomic mass is 19.4. The van der Waals surface area contributed by atoms with Crippen LogP contribution in [0.2, 0.25) is 0 Å². The van der Waals surface area contributed by atoms with Crippen LogP contribution in [0.4, 0.5) is 13.2 Å². The van der Waals surface area contributed by atoms with Gasteiger partial charge in [0.2, 0.25) is 0 Å². The Morgan fingerprint density at radius 2 is 1.90 bits per heavy atom. The molecule has 0 aliphatic carbocycles. The second-order valence-corrected chi connectivity index (χ2v) is 7.73. The molecule has 0 N–H and O–H groups in total. The number of rotatable bonds is 4. The van der Waals surface area contributed by atoms with Crippen LogP contribution in [0.15, 0.2) is 60.0 Å². The van der Waals surface area contributed by atoms with Crippen LogP contribution in [0.5, 0.6) is 5.75 Å². The number of amidine groups is 1. The van der Waals surface area contributed by atoms with Gasteiger partial charge in [-0.1, -0.05) is 38.6 Å².